The summed E-state index contributed by atoms with van der Waals surface area (Å²) in [5.74, 6) is 0. The lowest BCUT2D eigenvalue weighted by Crippen LogP contribution is -1.74. The molecule has 0 bridgehead atoms. The molecule has 0 aliphatic heterocycles. The molecule has 2 aromatic rings. The fraction of sp³-hybridized carbons (Fsp3) is 0.0909. The molecule has 1 heterocycles. The predicted molar refractivity (Wildman–Crippen MR) is 71.2 cm³/mol. The minimum absolute atomic E-state index is 0. The molecule has 0 atom stereocenters. The van der Waals surface area contributed by atoms with E-state index in [0.29, 0.717) is 0 Å². The van der Waals surface area contributed by atoms with Gasteiger partial charge in [-0.1, -0.05) is 23.7 Å². The van der Waals surface area contributed by atoms with Crippen LogP contribution in [0, 0.1) is 6.92 Å². The Hall–Kier alpha value is -0.700. The Morgan fingerprint density at radius 3 is 2.53 bits per heavy atom. The van der Waals surface area contributed by atoms with Crippen molar-refractivity contribution in [3.63, 3.8) is 0 Å². The molecule has 1 nitrogen and oxygen atoms in total. The smallest absolute Gasteiger partial charge is 0.0865 e. The van der Waals surface area contributed by atoms with Crippen molar-refractivity contribution >= 4 is 40.3 Å². The average Bonchev–Trinajstić information content (AvgIpc) is 2.45. The Bertz CT molecular complexity index is 465. The second-order valence-electron chi connectivity index (χ2n) is 3.17. The normalized spacial score (nSPS) is 9.73. The standard InChI is InChI=1S/C11H10ClNS.ClH/c1-7-5-10(13)14-11(7)8-3-2-4-9(12)6-8;/h2-6H,13H2,1H3;1H. The molecule has 0 saturated heterocycles. The van der Waals surface area contributed by atoms with Gasteiger partial charge in [0.15, 0.2) is 0 Å². The van der Waals surface area contributed by atoms with E-state index in [1.54, 1.807) is 11.3 Å². The van der Waals surface area contributed by atoms with Crippen molar-refractivity contribution in [2.75, 3.05) is 5.73 Å². The quantitative estimate of drug-likeness (QED) is 0.808. The first-order chi connectivity index (χ1) is 6.66. The third-order valence-corrected chi connectivity index (χ3v) is 3.37. The van der Waals surface area contributed by atoms with Crippen LogP contribution in [0.2, 0.25) is 5.02 Å². The van der Waals surface area contributed by atoms with E-state index in [1.807, 2.05) is 30.3 Å². The SMILES string of the molecule is Cc1cc(N)sc1-c1cccc(Cl)c1.Cl. The summed E-state index contributed by atoms with van der Waals surface area (Å²) >= 11 is 7.52. The molecule has 2 rings (SSSR count). The zero-order valence-electron chi connectivity index (χ0n) is 8.16. The highest BCUT2D eigenvalue weighted by Crippen LogP contribution is 2.34. The molecule has 80 valence electrons. The summed E-state index contributed by atoms with van der Waals surface area (Å²) in [6.45, 7) is 2.06. The second-order valence-corrected chi connectivity index (χ2v) is 4.69. The molecular formula is C11H11Cl2NS. The summed E-state index contributed by atoms with van der Waals surface area (Å²) in [7, 11) is 0. The Morgan fingerprint density at radius 1 is 1.27 bits per heavy atom. The highest BCUT2D eigenvalue weighted by Gasteiger charge is 2.05. The number of anilines is 1. The van der Waals surface area contributed by atoms with Crippen LogP contribution >= 0.6 is 35.3 Å². The number of hydrogen-bond donors (Lipinski definition) is 1. The number of benzene rings is 1. The molecular weight excluding hydrogens is 249 g/mol. The maximum atomic E-state index is 5.93. The molecule has 0 aliphatic carbocycles. The zero-order chi connectivity index (χ0) is 10.1. The molecule has 0 saturated carbocycles. The van der Waals surface area contributed by atoms with E-state index in [0.717, 1.165) is 15.6 Å². The van der Waals surface area contributed by atoms with Crippen molar-refractivity contribution in [2.45, 2.75) is 6.92 Å². The first kappa shape index (κ1) is 12.4. The fourth-order valence-corrected chi connectivity index (χ4v) is 2.55. The molecule has 4 heteroatoms. The first-order valence-corrected chi connectivity index (χ1v) is 5.48. The molecule has 1 aromatic heterocycles. The summed E-state index contributed by atoms with van der Waals surface area (Å²) in [5.41, 5.74) is 8.08. The van der Waals surface area contributed by atoms with Gasteiger partial charge in [-0.05, 0) is 36.2 Å². The number of rotatable bonds is 1. The second kappa shape index (κ2) is 4.88. The van der Waals surface area contributed by atoms with E-state index in [4.69, 9.17) is 17.3 Å². The maximum Gasteiger partial charge on any atom is 0.0865 e. The third kappa shape index (κ3) is 2.65. The number of nitrogens with two attached hydrogens (primary N) is 1. The van der Waals surface area contributed by atoms with Gasteiger partial charge in [0.05, 0.1) is 5.00 Å². The van der Waals surface area contributed by atoms with Crippen molar-refractivity contribution < 1.29 is 0 Å². The van der Waals surface area contributed by atoms with Crippen LogP contribution in [-0.4, -0.2) is 0 Å². The van der Waals surface area contributed by atoms with E-state index in [-0.39, 0.29) is 12.4 Å². The minimum Gasteiger partial charge on any atom is -0.391 e. The van der Waals surface area contributed by atoms with Crippen LogP contribution in [0.4, 0.5) is 5.00 Å². The van der Waals surface area contributed by atoms with Crippen molar-refractivity contribution in [3.05, 3.63) is 40.9 Å². The van der Waals surface area contributed by atoms with E-state index in [2.05, 4.69) is 6.92 Å². The molecule has 0 spiro atoms. The third-order valence-electron chi connectivity index (χ3n) is 2.02. The lowest BCUT2D eigenvalue weighted by Gasteiger charge is -1.99. The molecule has 0 aliphatic rings. The van der Waals surface area contributed by atoms with Gasteiger partial charge in [-0.15, -0.1) is 23.7 Å². The topological polar surface area (TPSA) is 26.0 Å². The number of nitrogen functional groups attached to an aromatic ring is 1. The van der Waals surface area contributed by atoms with Crippen LogP contribution in [0.25, 0.3) is 10.4 Å². The van der Waals surface area contributed by atoms with Crippen LogP contribution in [0.1, 0.15) is 5.56 Å². The van der Waals surface area contributed by atoms with Crippen LogP contribution in [0.15, 0.2) is 30.3 Å². The minimum atomic E-state index is 0. The number of halogens is 2. The van der Waals surface area contributed by atoms with Gasteiger partial charge in [0.25, 0.3) is 0 Å². The lowest BCUT2D eigenvalue weighted by atomic mass is 10.1. The van der Waals surface area contributed by atoms with Gasteiger partial charge < -0.3 is 5.73 Å². The Morgan fingerprint density at radius 2 is 2.00 bits per heavy atom. The van der Waals surface area contributed by atoms with E-state index >= 15 is 0 Å². The number of hydrogen-bond acceptors (Lipinski definition) is 2. The van der Waals surface area contributed by atoms with Crippen molar-refractivity contribution in [2.24, 2.45) is 0 Å². The van der Waals surface area contributed by atoms with Gasteiger partial charge in [-0.2, -0.15) is 0 Å². The van der Waals surface area contributed by atoms with E-state index in [1.165, 1.54) is 10.4 Å². The van der Waals surface area contributed by atoms with Gasteiger partial charge in [0, 0.05) is 9.90 Å². The number of thiophene rings is 1. The lowest BCUT2D eigenvalue weighted by molar-refractivity contribution is 1.54. The number of aryl methyl sites for hydroxylation is 1. The maximum absolute atomic E-state index is 5.93. The Balaban J connectivity index is 0.00000112. The highest BCUT2D eigenvalue weighted by atomic mass is 35.5. The first-order valence-electron chi connectivity index (χ1n) is 4.28. The van der Waals surface area contributed by atoms with Crippen molar-refractivity contribution in [3.8, 4) is 10.4 Å². The van der Waals surface area contributed by atoms with E-state index < -0.39 is 0 Å². The van der Waals surface area contributed by atoms with Gasteiger partial charge >= 0.3 is 0 Å². The molecule has 0 amide bonds. The van der Waals surface area contributed by atoms with Crippen LogP contribution in [0.5, 0.6) is 0 Å². The zero-order valence-corrected chi connectivity index (χ0v) is 10.5. The highest BCUT2D eigenvalue weighted by molar-refractivity contribution is 7.19. The summed E-state index contributed by atoms with van der Waals surface area (Å²) < 4.78 is 0. The van der Waals surface area contributed by atoms with E-state index in [9.17, 15) is 0 Å². The molecule has 0 radical (unpaired) electrons. The van der Waals surface area contributed by atoms with Gasteiger partial charge in [0.1, 0.15) is 0 Å². The Labute approximate surface area is 104 Å². The largest absolute Gasteiger partial charge is 0.391 e. The van der Waals surface area contributed by atoms with Crippen LogP contribution < -0.4 is 5.73 Å². The summed E-state index contributed by atoms with van der Waals surface area (Å²) in [6, 6.07) is 9.81. The molecule has 0 fully saturated rings. The summed E-state index contributed by atoms with van der Waals surface area (Å²) in [6.07, 6.45) is 0. The average molecular weight is 260 g/mol. The predicted octanol–water partition coefficient (Wildman–Crippen LogP) is 4.38. The monoisotopic (exact) mass is 259 g/mol. The molecule has 0 unspecified atom stereocenters. The Kier molecular flexibility index (Phi) is 4.03. The summed E-state index contributed by atoms with van der Waals surface area (Å²) in [5, 5.41) is 1.60. The van der Waals surface area contributed by atoms with Gasteiger partial charge in [-0.3, -0.25) is 0 Å². The molecule has 2 N–H and O–H groups in total. The molecule has 1 aromatic carbocycles. The van der Waals surface area contributed by atoms with Gasteiger partial charge in [0.2, 0.25) is 0 Å². The molecule has 15 heavy (non-hydrogen) atoms. The fourth-order valence-electron chi connectivity index (χ4n) is 1.42. The van der Waals surface area contributed by atoms with Crippen molar-refractivity contribution in [1.29, 1.82) is 0 Å². The van der Waals surface area contributed by atoms with Crippen LogP contribution in [0.3, 0.4) is 0 Å². The van der Waals surface area contributed by atoms with Gasteiger partial charge in [-0.25, -0.2) is 0 Å². The summed E-state index contributed by atoms with van der Waals surface area (Å²) in [4.78, 5) is 1.20. The van der Waals surface area contributed by atoms with Crippen LogP contribution in [-0.2, 0) is 0 Å². The van der Waals surface area contributed by atoms with Crippen molar-refractivity contribution in [1.82, 2.24) is 0 Å².